The van der Waals surface area contributed by atoms with Gasteiger partial charge in [-0.15, -0.1) is 0 Å². The molecule has 14 heavy (non-hydrogen) atoms. The SMILES string of the molecule is CC(C)N(C)C(=O)n1cc[n+](C)c1.[I-]. The van der Waals surface area contributed by atoms with Gasteiger partial charge in [-0.05, 0) is 13.8 Å². The van der Waals surface area contributed by atoms with Gasteiger partial charge in [0.2, 0.25) is 0 Å². The summed E-state index contributed by atoms with van der Waals surface area (Å²) in [6.07, 6.45) is 5.34. The third-order valence-electron chi connectivity index (χ3n) is 2.07. The lowest BCUT2D eigenvalue weighted by molar-refractivity contribution is -0.670. The second-order valence-electron chi connectivity index (χ2n) is 3.47. The fourth-order valence-electron chi connectivity index (χ4n) is 0.966. The van der Waals surface area contributed by atoms with Gasteiger partial charge in [-0.2, -0.15) is 4.57 Å². The van der Waals surface area contributed by atoms with Crippen molar-refractivity contribution in [2.45, 2.75) is 19.9 Å². The molecule has 0 aliphatic carbocycles. The highest BCUT2D eigenvalue weighted by atomic mass is 127. The van der Waals surface area contributed by atoms with Crippen LogP contribution in [-0.4, -0.2) is 28.6 Å². The van der Waals surface area contributed by atoms with Crippen molar-refractivity contribution in [2.24, 2.45) is 7.05 Å². The third-order valence-corrected chi connectivity index (χ3v) is 2.07. The minimum absolute atomic E-state index is 0. The summed E-state index contributed by atoms with van der Waals surface area (Å²) in [5.41, 5.74) is 0. The maximum absolute atomic E-state index is 11.7. The van der Waals surface area contributed by atoms with Gasteiger partial charge in [-0.25, -0.2) is 9.36 Å². The van der Waals surface area contributed by atoms with Crippen molar-refractivity contribution in [1.82, 2.24) is 9.47 Å². The Morgan fingerprint density at radius 3 is 2.43 bits per heavy atom. The quantitative estimate of drug-likeness (QED) is 0.421. The first-order chi connectivity index (χ1) is 6.02. The summed E-state index contributed by atoms with van der Waals surface area (Å²) in [7, 11) is 3.69. The van der Waals surface area contributed by atoms with Gasteiger partial charge < -0.3 is 28.9 Å². The molecule has 1 rings (SSSR count). The number of hydrogen-bond donors (Lipinski definition) is 0. The van der Waals surface area contributed by atoms with E-state index in [0.29, 0.717) is 0 Å². The minimum atomic E-state index is -0.00407. The normalized spacial score (nSPS) is 9.79. The maximum atomic E-state index is 11.7. The molecule has 0 atom stereocenters. The molecule has 5 heteroatoms. The van der Waals surface area contributed by atoms with E-state index in [-0.39, 0.29) is 36.0 Å². The van der Waals surface area contributed by atoms with E-state index in [0.717, 1.165) is 0 Å². The van der Waals surface area contributed by atoms with Crippen molar-refractivity contribution >= 4 is 6.03 Å². The van der Waals surface area contributed by atoms with Crippen molar-refractivity contribution in [2.75, 3.05) is 7.05 Å². The molecule has 0 unspecified atom stereocenters. The standard InChI is InChI=1S/C9H16N3O.HI/c1-8(2)11(4)9(13)12-6-5-10(3)7-12;/h5-8H,1-4H3;1H/q+1;/p-1. The Kier molecular flexibility index (Phi) is 5.11. The first kappa shape index (κ1) is 13.4. The summed E-state index contributed by atoms with van der Waals surface area (Å²) >= 11 is 0. The van der Waals surface area contributed by atoms with Crippen molar-refractivity contribution in [3.8, 4) is 0 Å². The van der Waals surface area contributed by atoms with Crippen molar-refractivity contribution in [3.05, 3.63) is 18.7 Å². The van der Waals surface area contributed by atoms with Crippen LogP contribution in [0.4, 0.5) is 4.79 Å². The van der Waals surface area contributed by atoms with Crippen LogP contribution in [0.25, 0.3) is 0 Å². The van der Waals surface area contributed by atoms with E-state index in [9.17, 15) is 4.79 Å². The van der Waals surface area contributed by atoms with Crippen LogP contribution in [0.5, 0.6) is 0 Å². The second-order valence-corrected chi connectivity index (χ2v) is 3.47. The highest BCUT2D eigenvalue weighted by Crippen LogP contribution is 1.97. The number of aromatic nitrogens is 2. The molecule has 80 valence electrons. The summed E-state index contributed by atoms with van der Waals surface area (Å²) in [5, 5.41) is 0. The summed E-state index contributed by atoms with van der Waals surface area (Å²) < 4.78 is 3.41. The van der Waals surface area contributed by atoms with Crippen LogP contribution in [0.15, 0.2) is 18.7 Å². The van der Waals surface area contributed by atoms with Gasteiger partial charge in [0.25, 0.3) is 6.33 Å². The second kappa shape index (κ2) is 5.33. The lowest BCUT2D eigenvalue weighted by Crippen LogP contribution is -3.00. The number of imidazole rings is 1. The zero-order valence-electron chi connectivity index (χ0n) is 8.94. The lowest BCUT2D eigenvalue weighted by atomic mass is 10.4. The zero-order valence-corrected chi connectivity index (χ0v) is 11.1. The summed E-state index contributed by atoms with van der Waals surface area (Å²) in [4.78, 5) is 13.4. The molecule has 0 bridgehead atoms. The maximum Gasteiger partial charge on any atom is 0.415 e. The highest BCUT2D eigenvalue weighted by molar-refractivity contribution is 5.76. The highest BCUT2D eigenvalue weighted by Gasteiger charge is 2.18. The van der Waals surface area contributed by atoms with E-state index >= 15 is 0 Å². The van der Waals surface area contributed by atoms with Gasteiger partial charge in [0.1, 0.15) is 12.4 Å². The number of carbonyl (C=O) groups excluding carboxylic acids is 1. The van der Waals surface area contributed by atoms with Crippen molar-refractivity contribution in [3.63, 3.8) is 0 Å². The molecule has 1 heterocycles. The molecule has 0 fully saturated rings. The van der Waals surface area contributed by atoms with Crippen molar-refractivity contribution < 1.29 is 33.3 Å². The number of hydrogen-bond acceptors (Lipinski definition) is 1. The molecule has 0 radical (unpaired) electrons. The molecule has 0 spiro atoms. The Morgan fingerprint density at radius 1 is 1.50 bits per heavy atom. The molecule has 4 nitrogen and oxygen atoms in total. The van der Waals surface area contributed by atoms with E-state index in [1.54, 1.807) is 29.0 Å². The monoisotopic (exact) mass is 309 g/mol. The molecular weight excluding hydrogens is 293 g/mol. The fourth-order valence-corrected chi connectivity index (χ4v) is 0.966. The molecule has 0 aliphatic heterocycles. The fraction of sp³-hybridized carbons (Fsp3) is 0.556. The Balaban J connectivity index is 0.00000169. The molecule has 0 aromatic carbocycles. The van der Waals surface area contributed by atoms with Gasteiger partial charge in [0.05, 0.1) is 7.05 Å². The number of rotatable bonds is 1. The van der Waals surface area contributed by atoms with E-state index in [4.69, 9.17) is 0 Å². The van der Waals surface area contributed by atoms with Crippen LogP contribution in [-0.2, 0) is 7.05 Å². The summed E-state index contributed by atoms with van der Waals surface area (Å²) in [6, 6.07) is 0.218. The smallest absolute Gasteiger partial charge is 0.415 e. The van der Waals surface area contributed by atoms with Gasteiger partial charge >= 0.3 is 6.03 Å². The van der Waals surface area contributed by atoms with E-state index in [1.165, 1.54) is 0 Å². The van der Waals surface area contributed by atoms with Gasteiger partial charge in [-0.3, -0.25) is 0 Å². The predicted octanol–water partition coefficient (Wildman–Crippen LogP) is -2.38. The first-order valence-corrected chi connectivity index (χ1v) is 4.32. The van der Waals surface area contributed by atoms with Gasteiger partial charge in [0, 0.05) is 13.1 Å². The Hall–Kier alpha value is -0.590. The number of amides is 1. The van der Waals surface area contributed by atoms with E-state index < -0.39 is 0 Å². The Bertz CT molecular complexity index is 309. The van der Waals surface area contributed by atoms with E-state index in [2.05, 4.69) is 0 Å². The van der Waals surface area contributed by atoms with Crippen LogP contribution in [0.1, 0.15) is 13.8 Å². The Labute approximate surface area is 102 Å². The third kappa shape index (κ3) is 2.97. The molecule has 1 amide bonds. The predicted molar refractivity (Wildman–Crippen MR) is 49.3 cm³/mol. The molecule has 1 aromatic rings. The minimum Gasteiger partial charge on any atom is -1.00 e. The summed E-state index contributed by atoms with van der Waals surface area (Å²) in [5.74, 6) is 0. The topological polar surface area (TPSA) is 29.1 Å². The average Bonchev–Trinajstić information content (AvgIpc) is 2.49. The van der Waals surface area contributed by atoms with Crippen LogP contribution in [0.2, 0.25) is 0 Å². The lowest BCUT2D eigenvalue weighted by Gasteiger charge is -2.17. The van der Waals surface area contributed by atoms with Gasteiger partial charge in [-0.1, -0.05) is 0 Å². The van der Waals surface area contributed by atoms with E-state index in [1.807, 2.05) is 31.7 Å². The van der Waals surface area contributed by atoms with Crippen molar-refractivity contribution in [1.29, 1.82) is 0 Å². The molecule has 1 aromatic heterocycles. The molecule has 0 saturated carbocycles. The van der Waals surface area contributed by atoms with Crippen LogP contribution in [0, 0.1) is 0 Å². The largest absolute Gasteiger partial charge is 1.00 e. The molecule has 0 aliphatic rings. The average molecular weight is 309 g/mol. The molecular formula is C9H16IN3O. The molecule has 0 saturated heterocycles. The number of carbonyl (C=O) groups is 1. The van der Waals surface area contributed by atoms with Gasteiger partial charge in [0.15, 0.2) is 0 Å². The first-order valence-electron chi connectivity index (χ1n) is 4.32. The van der Waals surface area contributed by atoms with Crippen LogP contribution >= 0.6 is 0 Å². The molecule has 0 N–H and O–H groups in total. The number of aryl methyl sites for hydroxylation is 1. The van der Waals surface area contributed by atoms with Crippen LogP contribution < -0.4 is 28.5 Å². The number of nitrogens with zero attached hydrogens (tertiary/aromatic N) is 3. The summed E-state index contributed by atoms with van der Waals surface area (Å²) in [6.45, 7) is 3.98. The zero-order chi connectivity index (χ0) is 10.0. The van der Waals surface area contributed by atoms with Crippen LogP contribution in [0.3, 0.4) is 0 Å². The number of halogens is 1. The Morgan fingerprint density at radius 2 is 2.07 bits per heavy atom.